The number of guanidine groups is 1. The third-order valence-electron chi connectivity index (χ3n) is 6.56. The van der Waals surface area contributed by atoms with E-state index in [1.807, 2.05) is 19.2 Å². The van der Waals surface area contributed by atoms with Crippen LogP contribution in [0.1, 0.15) is 31.7 Å². The molecule has 2 aliphatic rings. The fourth-order valence-corrected chi connectivity index (χ4v) is 4.66. The summed E-state index contributed by atoms with van der Waals surface area (Å²) in [5.41, 5.74) is 1.17. The van der Waals surface area contributed by atoms with Gasteiger partial charge in [-0.1, -0.05) is 6.92 Å². The Morgan fingerprint density at radius 1 is 1.03 bits per heavy atom. The molecule has 1 N–H and O–H groups in total. The van der Waals surface area contributed by atoms with Crippen molar-refractivity contribution in [3.8, 4) is 11.5 Å². The van der Waals surface area contributed by atoms with Crippen LogP contribution in [0, 0.1) is 5.92 Å². The second-order valence-electron chi connectivity index (χ2n) is 8.65. The van der Waals surface area contributed by atoms with Gasteiger partial charge in [-0.2, -0.15) is 0 Å². The largest absolute Gasteiger partial charge is 0.497 e. The number of ether oxygens (including phenoxy) is 2. The molecular formula is C24H41N5O2. The first-order chi connectivity index (χ1) is 15.2. The van der Waals surface area contributed by atoms with Crippen LogP contribution in [-0.4, -0.2) is 94.3 Å². The van der Waals surface area contributed by atoms with Gasteiger partial charge in [0.2, 0.25) is 0 Å². The van der Waals surface area contributed by atoms with Crippen molar-refractivity contribution >= 4 is 5.96 Å². The number of aliphatic imine (C=N–C) groups is 1. The second kappa shape index (κ2) is 12.2. The van der Waals surface area contributed by atoms with Crippen LogP contribution >= 0.6 is 0 Å². The van der Waals surface area contributed by atoms with E-state index >= 15 is 0 Å². The van der Waals surface area contributed by atoms with Gasteiger partial charge >= 0.3 is 0 Å². The van der Waals surface area contributed by atoms with E-state index in [4.69, 9.17) is 9.47 Å². The molecule has 0 amide bonds. The Hall–Kier alpha value is -1.99. The zero-order valence-electron chi connectivity index (χ0n) is 19.9. The first-order valence-corrected chi connectivity index (χ1v) is 11.8. The highest BCUT2D eigenvalue weighted by Crippen LogP contribution is 2.25. The molecule has 0 aromatic heterocycles. The molecule has 0 spiro atoms. The lowest BCUT2D eigenvalue weighted by Gasteiger charge is -2.37. The highest BCUT2D eigenvalue weighted by atomic mass is 16.5. The molecule has 0 aliphatic carbocycles. The van der Waals surface area contributed by atoms with Gasteiger partial charge in [-0.3, -0.25) is 9.89 Å². The summed E-state index contributed by atoms with van der Waals surface area (Å²) in [5, 5.41) is 3.66. The number of rotatable bonds is 8. The highest BCUT2D eigenvalue weighted by molar-refractivity contribution is 5.80. The predicted octanol–water partition coefficient (Wildman–Crippen LogP) is 2.52. The van der Waals surface area contributed by atoms with Crippen molar-refractivity contribution in [2.75, 3.05) is 73.6 Å². The molecule has 7 nitrogen and oxygen atoms in total. The van der Waals surface area contributed by atoms with Crippen LogP contribution < -0.4 is 14.8 Å². The van der Waals surface area contributed by atoms with E-state index in [9.17, 15) is 0 Å². The maximum Gasteiger partial charge on any atom is 0.193 e. The minimum absolute atomic E-state index is 0.756. The number of piperazine rings is 1. The second-order valence-corrected chi connectivity index (χ2v) is 8.65. The van der Waals surface area contributed by atoms with E-state index in [0.717, 1.165) is 62.6 Å². The highest BCUT2D eigenvalue weighted by Gasteiger charge is 2.23. The maximum atomic E-state index is 5.55. The molecule has 2 saturated heterocycles. The van der Waals surface area contributed by atoms with Gasteiger partial charge in [0.05, 0.1) is 14.2 Å². The summed E-state index contributed by atoms with van der Waals surface area (Å²) < 4.78 is 10.9. The van der Waals surface area contributed by atoms with Crippen molar-refractivity contribution in [1.29, 1.82) is 0 Å². The molecule has 1 aromatic rings. The fraction of sp³-hybridized carbons (Fsp3) is 0.708. The number of methoxy groups -OCH3 is 2. The molecule has 2 fully saturated rings. The number of piperidine rings is 1. The van der Waals surface area contributed by atoms with E-state index in [0.29, 0.717) is 0 Å². The van der Waals surface area contributed by atoms with Gasteiger partial charge in [-0.15, -0.1) is 0 Å². The van der Waals surface area contributed by atoms with E-state index in [1.54, 1.807) is 14.2 Å². The molecule has 7 heteroatoms. The fourth-order valence-electron chi connectivity index (χ4n) is 4.66. The van der Waals surface area contributed by atoms with Crippen molar-refractivity contribution in [2.24, 2.45) is 10.9 Å². The lowest BCUT2D eigenvalue weighted by Crippen LogP contribution is -2.53. The Bertz CT molecular complexity index is 695. The lowest BCUT2D eigenvalue weighted by atomic mass is 9.97. The summed E-state index contributed by atoms with van der Waals surface area (Å²) in [7, 11) is 5.34. The first-order valence-electron chi connectivity index (χ1n) is 11.8. The third kappa shape index (κ3) is 6.74. The summed E-state index contributed by atoms with van der Waals surface area (Å²) in [6.45, 7) is 11.9. The van der Waals surface area contributed by atoms with Gasteiger partial charge in [0.15, 0.2) is 5.96 Å². The van der Waals surface area contributed by atoms with Gasteiger partial charge in [-0.25, -0.2) is 0 Å². The molecule has 174 valence electrons. The molecule has 3 rings (SSSR count). The lowest BCUT2D eigenvalue weighted by molar-refractivity contribution is 0.167. The van der Waals surface area contributed by atoms with Gasteiger partial charge < -0.3 is 24.6 Å². The van der Waals surface area contributed by atoms with Crippen molar-refractivity contribution in [2.45, 2.75) is 32.7 Å². The van der Waals surface area contributed by atoms with Crippen LogP contribution in [0.25, 0.3) is 0 Å². The van der Waals surface area contributed by atoms with Gasteiger partial charge in [0.1, 0.15) is 11.5 Å². The van der Waals surface area contributed by atoms with Gasteiger partial charge in [0.25, 0.3) is 0 Å². The van der Waals surface area contributed by atoms with Crippen LogP contribution in [0.15, 0.2) is 23.2 Å². The molecule has 0 saturated carbocycles. The Labute approximate surface area is 188 Å². The topological polar surface area (TPSA) is 52.6 Å². The van der Waals surface area contributed by atoms with Crippen molar-refractivity contribution in [3.63, 3.8) is 0 Å². The van der Waals surface area contributed by atoms with Crippen LogP contribution in [-0.2, 0) is 6.54 Å². The normalized spacial score (nSPS) is 19.5. The van der Waals surface area contributed by atoms with E-state index in [-0.39, 0.29) is 0 Å². The predicted molar refractivity (Wildman–Crippen MR) is 127 cm³/mol. The molecule has 31 heavy (non-hydrogen) atoms. The summed E-state index contributed by atoms with van der Waals surface area (Å²) in [6.07, 6.45) is 3.84. The van der Waals surface area contributed by atoms with Crippen molar-refractivity contribution in [3.05, 3.63) is 23.8 Å². The SMILES string of the molecule is CCCN1CCC(CNC(=NC)N2CCN(Cc3cc(OC)ccc3OC)CC2)CC1. The van der Waals surface area contributed by atoms with Crippen molar-refractivity contribution < 1.29 is 9.47 Å². The minimum atomic E-state index is 0.756. The van der Waals surface area contributed by atoms with E-state index in [2.05, 4.69) is 38.0 Å². The molecular weight excluding hydrogens is 390 g/mol. The number of benzene rings is 1. The monoisotopic (exact) mass is 431 g/mol. The summed E-state index contributed by atoms with van der Waals surface area (Å²) in [4.78, 5) is 12.0. The maximum absolute atomic E-state index is 5.55. The van der Waals surface area contributed by atoms with Crippen LogP contribution in [0.4, 0.5) is 0 Å². The smallest absolute Gasteiger partial charge is 0.193 e. The minimum Gasteiger partial charge on any atom is -0.497 e. The zero-order chi connectivity index (χ0) is 22.1. The molecule has 2 heterocycles. The average Bonchev–Trinajstić information content (AvgIpc) is 2.81. The Kier molecular flexibility index (Phi) is 9.28. The molecule has 0 bridgehead atoms. The van der Waals surface area contributed by atoms with Crippen LogP contribution in [0.2, 0.25) is 0 Å². The number of nitrogens with one attached hydrogen (secondary N) is 1. The zero-order valence-corrected chi connectivity index (χ0v) is 19.9. The summed E-state index contributed by atoms with van der Waals surface area (Å²) in [5.74, 6) is 3.60. The quantitative estimate of drug-likeness (QED) is 0.504. The molecule has 0 atom stereocenters. The number of hydrogen-bond donors (Lipinski definition) is 1. The van der Waals surface area contributed by atoms with Crippen LogP contribution in [0.3, 0.4) is 0 Å². The molecule has 2 aliphatic heterocycles. The summed E-state index contributed by atoms with van der Waals surface area (Å²) in [6, 6.07) is 6.02. The Morgan fingerprint density at radius 2 is 1.77 bits per heavy atom. The van der Waals surface area contributed by atoms with Gasteiger partial charge in [-0.05, 0) is 63.0 Å². The third-order valence-corrected chi connectivity index (χ3v) is 6.56. The van der Waals surface area contributed by atoms with Crippen LogP contribution in [0.5, 0.6) is 11.5 Å². The Balaban J connectivity index is 1.44. The molecule has 0 unspecified atom stereocenters. The van der Waals surface area contributed by atoms with Crippen molar-refractivity contribution in [1.82, 2.24) is 20.0 Å². The first kappa shape index (κ1) is 23.7. The Morgan fingerprint density at radius 3 is 2.39 bits per heavy atom. The standard InChI is InChI=1S/C24H41N5O2/c1-5-10-27-11-8-20(9-12-27)18-26-24(25-2)29-15-13-28(14-16-29)19-21-17-22(30-3)6-7-23(21)31-4/h6-7,17,20H,5,8-16,18-19H2,1-4H3,(H,25,26). The molecule has 0 radical (unpaired) electrons. The number of nitrogens with zero attached hydrogens (tertiary/aromatic N) is 4. The van der Waals surface area contributed by atoms with Gasteiger partial charge in [0, 0.05) is 51.9 Å². The molecule has 1 aromatic carbocycles. The van der Waals surface area contributed by atoms with E-state index < -0.39 is 0 Å². The number of hydrogen-bond acceptors (Lipinski definition) is 5. The summed E-state index contributed by atoms with van der Waals surface area (Å²) >= 11 is 0. The average molecular weight is 432 g/mol. The number of likely N-dealkylation sites (tertiary alicyclic amines) is 1. The van der Waals surface area contributed by atoms with E-state index in [1.165, 1.54) is 44.5 Å².